The number of rotatable bonds is 3. The molecule has 2 rings (SSSR count). The third-order valence-corrected chi connectivity index (χ3v) is 3.77. The highest BCUT2D eigenvalue weighted by Crippen LogP contribution is 2.41. The Labute approximate surface area is 145 Å². The summed E-state index contributed by atoms with van der Waals surface area (Å²) >= 11 is 5.91. The quantitative estimate of drug-likeness (QED) is 0.833. The van der Waals surface area contributed by atoms with Crippen molar-refractivity contribution in [1.82, 2.24) is 4.57 Å². The first kappa shape index (κ1) is 18.5. The van der Waals surface area contributed by atoms with Gasteiger partial charge in [-0.2, -0.15) is 18.4 Å². The molecule has 0 radical (unpaired) electrons. The number of nitrogen functional groups attached to an aromatic ring is 1. The van der Waals surface area contributed by atoms with E-state index in [1.54, 1.807) is 6.07 Å². The largest absolute Gasteiger partial charge is 0.497 e. The summed E-state index contributed by atoms with van der Waals surface area (Å²) in [6.07, 6.45) is -3.66. The molecule has 0 unspecified atom stereocenters. The molecule has 0 spiro atoms. The van der Waals surface area contributed by atoms with Gasteiger partial charge in [0.15, 0.2) is 5.69 Å². The normalized spacial score (nSPS) is 11.1. The highest BCUT2D eigenvalue weighted by atomic mass is 35.5. The summed E-state index contributed by atoms with van der Waals surface area (Å²) in [5, 5.41) is 8.40. The number of nitrogens with two attached hydrogens (primary N) is 1. The zero-order valence-electron chi connectivity index (χ0n) is 12.9. The number of anilines is 1. The molecule has 0 amide bonds. The average Bonchev–Trinajstić information content (AvgIpc) is 2.89. The maximum absolute atomic E-state index is 13.2. The fraction of sp³-hybridized carbons (Fsp3) is 0.200. The van der Waals surface area contributed by atoms with Gasteiger partial charge in [0.05, 0.1) is 41.7 Å². The molecule has 0 saturated heterocycles. The van der Waals surface area contributed by atoms with Gasteiger partial charge in [-0.05, 0) is 6.07 Å². The van der Waals surface area contributed by atoms with Crippen LogP contribution in [0.4, 0.5) is 18.9 Å². The topological polar surface area (TPSA) is 90.3 Å². The van der Waals surface area contributed by atoms with Crippen molar-refractivity contribution in [2.24, 2.45) is 0 Å². The highest BCUT2D eigenvalue weighted by molar-refractivity contribution is 6.33. The highest BCUT2D eigenvalue weighted by Gasteiger charge is 2.36. The Morgan fingerprint density at radius 1 is 1.36 bits per heavy atom. The molecule has 2 aromatic rings. The first-order valence-electron chi connectivity index (χ1n) is 6.60. The van der Waals surface area contributed by atoms with Crippen molar-refractivity contribution in [2.45, 2.75) is 6.18 Å². The smallest absolute Gasteiger partial charge is 0.418 e. The molecular formula is C15H11ClF3N3O3. The van der Waals surface area contributed by atoms with Crippen molar-refractivity contribution in [3.05, 3.63) is 40.2 Å². The number of aromatic nitrogens is 1. The van der Waals surface area contributed by atoms with Crippen molar-refractivity contribution < 1.29 is 27.4 Å². The second kappa shape index (κ2) is 6.57. The molecule has 0 aliphatic carbocycles. The van der Waals surface area contributed by atoms with Crippen molar-refractivity contribution >= 4 is 23.3 Å². The monoisotopic (exact) mass is 373 g/mol. The van der Waals surface area contributed by atoms with E-state index in [-0.39, 0.29) is 28.4 Å². The van der Waals surface area contributed by atoms with Crippen LogP contribution in [0.25, 0.3) is 5.69 Å². The molecule has 0 aliphatic heterocycles. The van der Waals surface area contributed by atoms with Crippen molar-refractivity contribution in [3.8, 4) is 17.5 Å². The van der Waals surface area contributed by atoms with Gasteiger partial charge in [-0.3, -0.25) is 0 Å². The van der Waals surface area contributed by atoms with Gasteiger partial charge >= 0.3 is 12.1 Å². The number of hydrogen-bond donors (Lipinski definition) is 1. The predicted octanol–water partition coefficient (Wildman–Crippen LogP) is 3.40. The van der Waals surface area contributed by atoms with Crippen LogP contribution in [-0.4, -0.2) is 24.8 Å². The van der Waals surface area contributed by atoms with E-state index in [9.17, 15) is 18.0 Å². The lowest BCUT2D eigenvalue weighted by atomic mass is 10.1. The average molecular weight is 374 g/mol. The molecule has 1 heterocycles. The zero-order chi connectivity index (χ0) is 18.9. The number of hydrogen-bond acceptors (Lipinski definition) is 5. The van der Waals surface area contributed by atoms with Crippen LogP contribution in [0.5, 0.6) is 5.75 Å². The lowest BCUT2D eigenvalue weighted by Gasteiger charge is -2.16. The molecule has 132 valence electrons. The molecule has 6 nitrogen and oxygen atoms in total. The number of methoxy groups -OCH3 is 2. The van der Waals surface area contributed by atoms with Crippen LogP contribution in [0.3, 0.4) is 0 Å². The second-order valence-electron chi connectivity index (χ2n) is 4.78. The summed E-state index contributed by atoms with van der Waals surface area (Å²) in [5.41, 5.74) is 3.67. The minimum atomic E-state index is -4.76. The molecule has 0 fully saturated rings. The Hall–Kier alpha value is -2.86. The van der Waals surface area contributed by atoms with Crippen LogP contribution >= 0.6 is 11.6 Å². The number of nitrogens with zero attached hydrogens (tertiary/aromatic N) is 2. The maximum atomic E-state index is 13.2. The van der Waals surface area contributed by atoms with Crippen LogP contribution in [0.2, 0.25) is 5.02 Å². The molecule has 0 aliphatic rings. The van der Waals surface area contributed by atoms with E-state index in [0.717, 1.165) is 23.9 Å². The summed E-state index contributed by atoms with van der Waals surface area (Å²) in [4.78, 5) is 12.0. The first-order valence-corrected chi connectivity index (χ1v) is 6.97. The molecule has 1 aromatic carbocycles. The van der Waals surface area contributed by atoms with Gasteiger partial charge in [0.1, 0.15) is 11.8 Å². The van der Waals surface area contributed by atoms with Crippen molar-refractivity contribution in [1.29, 1.82) is 5.26 Å². The Bertz CT molecular complexity index is 885. The Kier molecular flexibility index (Phi) is 4.85. The van der Waals surface area contributed by atoms with Gasteiger partial charge in [0.2, 0.25) is 0 Å². The van der Waals surface area contributed by atoms with Crippen LogP contribution < -0.4 is 10.5 Å². The van der Waals surface area contributed by atoms with Gasteiger partial charge in [0, 0.05) is 12.3 Å². The molecule has 25 heavy (non-hydrogen) atoms. The predicted molar refractivity (Wildman–Crippen MR) is 82.8 cm³/mol. The summed E-state index contributed by atoms with van der Waals surface area (Å²) < 4.78 is 50.1. The van der Waals surface area contributed by atoms with E-state index in [1.807, 2.05) is 0 Å². The number of esters is 1. The molecule has 10 heteroatoms. The summed E-state index contributed by atoms with van der Waals surface area (Å²) in [7, 11) is 2.25. The van der Waals surface area contributed by atoms with E-state index in [1.165, 1.54) is 13.2 Å². The molecule has 2 N–H and O–H groups in total. The van der Waals surface area contributed by atoms with E-state index < -0.39 is 22.7 Å². The fourth-order valence-electron chi connectivity index (χ4n) is 2.19. The van der Waals surface area contributed by atoms with Gasteiger partial charge in [0.25, 0.3) is 0 Å². The van der Waals surface area contributed by atoms with E-state index in [4.69, 9.17) is 27.3 Å². The van der Waals surface area contributed by atoms with Crippen molar-refractivity contribution in [3.63, 3.8) is 0 Å². The minimum absolute atomic E-state index is 0.118. The summed E-state index contributed by atoms with van der Waals surface area (Å²) in [6.45, 7) is 0. The fourth-order valence-corrected chi connectivity index (χ4v) is 2.49. The molecule has 0 saturated carbocycles. The first-order chi connectivity index (χ1) is 11.6. The molecule has 0 atom stereocenters. The Morgan fingerprint density at radius 2 is 2.00 bits per heavy atom. The number of halogens is 4. The van der Waals surface area contributed by atoms with E-state index in [2.05, 4.69) is 4.74 Å². The van der Waals surface area contributed by atoms with Crippen LogP contribution in [0.15, 0.2) is 18.3 Å². The minimum Gasteiger partial charge on any atom is -0.497 e. The van der Waals surface area contributed by atoms with Crippen LogP contribution in [0, 0.1) is 11.3 Å². The number of alkyl halides is 3. The van der Waals surface area contributed by atoms with Crippen LogP contribution in [-0.2, 0) is 10.9 Å². The van der Waals surface area contributed by atoms with Gasteiger partial charge in [-0.25, -0.2) is 4.79 Å². The molecule has 0 bridgehead atoms. The maximum Gasteiger partial charge on any atom is 0.418 e. The van der Waals surface area contributed by atoms with Gasteiger partial charge in [-0.1, -0.05) is 11.6 Å². The lowest BCUT2D eigenvalue weighted by Crippen LogP contribution is -2.13. The Balaban J connectivity index is 2.88. The SMILES string of the molecule is COC(=O)c1c(N)c(C#N)cn1-c1cc(OC)cc(C(F)(F)F)c1Cl. The number of nitriles is 1. The van der Waals surface area contributed by atoms with E-state index in [0.29, 0.717) is 0 Å². The lowest BCUT2D eigenvalue weighted by molar-refractivity contribution is -0.137. The summed E-state index contributed by atoms with van der Waals surface area (Å²) in [5.74, 6) is -1.08. The van der Waals surface area contributed by atoms with Gasteiger partial charge < -0.3 is 19.8 Å². The number of benzene rings is 1. The van der Waals surface area contributed by atoms with Crippen molar-refractivity contribution in [2.75, 3.05) is 20.0 Å². The zero-order valence-corrected chi connectivity index (χ0v) is 13.7. The summed E-state index contributed by atoms with van der Waals surface area (Å²) in [6, 6.07) is 3.66. The Morgan fingerprint density at radius 3 is 2.48 bits per heavy atom. The number of carbonyl (C=O) groups excluding carboxylic acids is 1. The standard InChI is InChI=1S/C15H11ClF3N3O3/c1-24-8-3-9(15(17,18)19)11(16)10(4-8)22-6-7(5-20)12(21)13(22)14(23)25-2/h3-4,6H,21H2,1-2H3. The van der Waals surface area contributed by atoms with Crippen LogP contribution in [0.1, 0.15) is 21.6 Å². The number of carbonyl (C=O) groups is 1. The molecular weight excluding hydrogens is 363 g/mol. The third-order valence-electron chi connectivity index (χ3n) is 3.37. The van der Waals surface area contributed by atoms with E-state index >= 15 is 0 Å². The van der Waals surface area contributed by atoms with Gasteiger partial charge in [-0.15, -0.1) is 0 Å². The second-order valence-corrected chi connectivity index (χ2v) is 5.16. The molecule has 1 aromatic heterocycles. The number of ether oxygens (including phenoxy) is 2. The third kappa shape index (κ3) is 3.21.